The Labute approximate surface area is 228 Å². The molecule has 0 aliphatic carbocycles. The van der Waals surface area contributed by atoms with Gasteiger partial charge in [0.1, 0.15) is 12.3 Å². The summed E-state index contributed by atoms with van der Waals surface area (Å²) in [5.41, 5.74) is 2.97. The van der Waals surface area contributed by atoms with Crippen molar-refractivity contribution < 1.29 is 17.9 Å². The molecule has 0 fully saturated rings. The van der Waals surface area contributed by atoms with Crippen LogP contribution >= 0.6 is 11.8 Å². The van der Waals surface area contributed by atoms with Gasteiger partial charge in [-0.25, -0.2) is 8.42 Å². The number of thioether (sulfide) groups is 1. The summed E-state index contributed by atoms with van der Waals surface area (Å²) in [6, 6.07) is 30.9. The molecule has 0 radical (unpaired) electrons. The summed E-state index contributed by atoms with van der Waals surface area (Å²) >= 11 is 1.74. The summed E-state index contributed by atoms with van der Waals surface area (Å²) in [6.45, 7) is 3.70. The Bertz CT molecular complexity index is 1480. The molecule has 4 aromatic carbocycles. The smallest absolute Gasteiger partial charge is 0.264 e. The number of carbonyl (C=O) groups is 1. The molecular weight excluding hydrogens is 516 g/mol. The molecule has 196 valence electrons. The van der Waals surface area contributed by atoms with Crippen molar-refractivity contribution in [2.24, 2.45) is 0 Å². The minimum absolute atomic E-state index is 0.0931. The van der Waals surface area contributed by atoms with Crippen LogP contribution in [-0.2, 0) is 20.6 Å². The average Bonchev–Trinajstić information content (AvgIpc) is 2.93. The van der Waals surface area contributed by atoms with Crippen molar-refractivity contribution in [3.8, 4) is 5.75 Å². The summed E-state index contributed by atoms with van der Waals surface area (Å²) in [7, 11) is -4.04. The van der Waals surface area contributed by atoms with Crippen molar-refractivity contribution in [1.82, 2.24) is 0 Å². The number of hydrogen-bond acceptors (Lipinski definition) is 5. The van der Waals surface area contributed by atoms with Crippen LogP contribution in [0, 0.1) is 6.92 Å². The van der Waals surface area contributed by atoms with Gasteiger partial charge in [0.2, 0.25) is 5.91 Å². The number of nitrogens with zero attached hydrogens (tertiary/aromatic N) is 1. The highest BCUT2D eigenvalue weighted by molar-refractivity contribution is 7.98. The zero-order chi connectivity index (χ0) is 27.0. The van der Waals surface area contributed by atoms with Crippen molar-refractivity contribution in [2.75, 3.05) is 22.8 Å². The third-order valence-corrected chi connectivity index (χ3v) is 8.62. The van der Waals surface area contributed by atoms with Gasteiger partial charge >= 0.3 is 0 Å². The Hall–Kier alpha value is -3.75. The molecule has 0 aliphatic rings. The molecule has 0 aromatic heterocycles. The lowest BCUT2D eigenvalue weighted by Gasteiger charge is -2.26. The molecule has 0 spiro atoms. The van der Waals surface area contributed by atoms with Crippen LogP contribution in [0.2, 0.25) is 0 Å². The average molecular weight is 547 g/mol. The Kier molecular flexibility index (Phi) is 9.10. The molecule has 1 amide bonds. The number of nitrogens with one attached hydrogen (secondary N) is 1. The van der Waals surface area contributed by atoms with E-state index in [1.54, 1.807) is 54.2 Å². The van der Waals surface area contributed by atoms with Gasteiger partial charge in [-0.05, 0) is 67.4 Å². The Morgan fingerprint density at radius 2 is 1.55 bits per heavy atom. The van der Waals surface area contributed by atoms with Crippen LogP contribution in [0.15, 0.2) is 113 Å². The number of para-hydroxylation sites is 2. The van der Waals surface area contributed by atoms with Gasteiger partial charge in [0.15, 0.2) is 0 Å². The fourth-order valence-electron chi connectivity index (χ4n) is 3.92. The van der Waals surface area contributed by atoms with Gasteiger partial charge in [-0.1, -0.05) is 60.7 Å². The summed E-state index contributed by atoms with van der Waals surface area (Å²) < 4.78 is 34.1. The normalized spacial score (nSPS) is 11.1. The number of anilines is 2. The zero-order valence-corrected chi connectivity index (χ0v) is 23.0. The van der Waals surface area contributed by atoms with Crippen LogP contribution in [0.25, 0.3) is 0 Å². The lowest BCUT2D eigenvalue weighted by molar-refractivity contribution is -0.114. The van der Waals surface area contributed by atoms with Gasteiger partial charge in [-0.3, -0.25) is 9.10 Å². The third kappa shape index (κ3) is 6.76. The predicted molar refractivity (Wildman–Crippen MR) is 154 cm³/mol. The van der Waals surface area contributed by atoms with Crippen molar-refractivity contribution in [1.29, 1.82) is 0 Å². The van der Waals surface area contributed by atoms with Crippen LogP contribution < -0.4 is 14.4 Å². The number of hydrogen-bond donors (Lipinski definition) is 1. The fraction of sp³-hybridized carbons (Fsp3) is 0.167. The van der Waals surface area contributed by atoms with E-state index in [0.717, 1.165) is 21.2 Å². The highest BCUT2D eigenvalue weighted by Gasteiger charge is 2.29. The lowest BCUT2D eigenvalue weighted by atomic mass is 10.1. The predicted octanol–water partition coefficient (Wildman–Crippen LogP) is 6.52. The minimum atomic E-state index is -4.04. The highest BCUT2D eigenvalue weighted by Crippen LogP contribution is 2.33. The molecule has 0 heterocycles. The van der Waals surface area contributed by atoms with Gasteiger partial charge in [0.05, 0.1) is 17.2 Å². The van der Waals surface area contributed by atoms with Crippen molar-refractivity contribution >= 4 is 39.1 Å². The first-order valence-electron chi connectivity index (χ1n) is 12.3. The number of amides is 1. The second kappa shape index (κ2) is 12.7. The Balaban J connectivity index is 1.55. The molecule has 1 N–H and O–H groups in total. The maximum atomic E-state index is 13.7. The summed E-state index contributed by atoms with van der Waals surface area (Å²) in [4.78, 5) is 14.5. The number of ether oxygens (including phenoxy) is 1. The van der Waals surface area contributed by atoms with E-state index < -0.39 is 22.5 Å². The molecule has 0 saturated carbocycles. The second-order valence-electron chi connectivity index (χ2n) is 8.52. The van der Waals surface area contributed by atoms with Gasteiger partial charge in [-0.15, -0.1) is 11.8 Å². The van der Waals surface area contributed by atoms with Crippen molar-refractivity contribution in [2.45, 2.75) is 29.4 Å². The first-order valence-corrected chi connectivity index (χ1v) is 14.7. The number of sulfonamides is 1. The first-order chi connectivity index (χ1) is 18.4. The molecule has 0 saturated heterocycles. The molecular formula is C30H30N2O4S2. The molecule has 0 unspecified atom stereocenters. The topological polar surface area (TPSA) is 75.7 Å². The summed E-state index contributed by atoms with van der Waals surface area (Å²) in [5, 5.41) is 2.89. The van der Waals surface area contributed by atoms with Gasteiger partial charge in [0, 0.05) is 16.3 Å². The number of benzene rings is 4. The number of rotatable bonds is 11. The fourth-order valence-corrected chi connectivity index (χ4v) is 6.23. The highest BCUT2D eigenvalue weighted by atomic mass is 32.2. The van der Waals surface area contributed by atoms with E-state index in [-0.39, 0.29) is 4.90 Å². The standard InChI is InChI=1S/C30H30N2O4S2/c1-3-36-29-17-11-10-16-28(29)32(38(34,35)26-14-8-5-9-15-26)21-30(33)31-27-19-18-24(20-23(27)2)22-37-25-12-6-4-7-13-25/h4-20H,3,21-22H2,1-2H3,(H,31,33). The van der Waals surface area contributed by atoms with E-state index in [2.05, 4.69) is 17.4 Å². The number of aryl methyl sites for hydroxylation is 1. The van der Waals surface area contributed by atoms with E-state index in [9.17, 15) is 13.2 Å². The molecule has 38 heavy (non-hydrogen) atoms. The number of carbonyl (C=O) groups excluding carboxylic acids is 1. The molecule has 0 bridgehead atoms. The summed E-state index contributed by atoms with van der Waals surface area (Å²) in [5.74, 6) is 0.736. The van der Waals surface area contributed by atoms with Gasteiger partial charge in [-0.2, -0.15) is 0 Å². The van der Waals surface area contributed by atoms with Crippen LogP contribution in [0.1, 0.15) is 18.1 Å². The van der Waals surface area contributed by atoms with Crippen LogP contribution in [-0.4, -0.2) is 27.5 Å². The van der Waals surface area contributed by atoms with E-state index >= 15 is 0 Å². The largest absolute Gasteiger partial charge is 0.492 e. The second-order valence-corrected chi connectivity index (χ2v) is 11.4. The Morgan fingerprint density at radius 3 is 2.24 bits per heavy atom. The minimum Gasteiger partial charge on any atom is -0.492 e. The molecule has 4 aromatic rings. The molecule has 6 nitrogen and oxygen atoms in total. The monoisotopic (exact) mass is 546 g/mol. The van der Waals surface area contributed by atoms with E-state index in [1.807, 2.05) is 50.2 Å². The van der Waals surface area contributed by atoms with Crippen molar-refractivity contribution in [3.05, 3.63) is 114 Å². The molecule has 4 rings (SSSR count). The Morgan fingerprint density at radius 1 is 0.895 bits per heavy atom. The molecule has 0 atom stereocenters. The van der Waals surface area contributed by atoms with E-state index in [1.165, 1.54) is 17.0 Å². The maximum absolute atomic E-state index is 13.7. The first kappa shape index (κ1) is 27.3. The third-order valence-electron chi connectivity index (χ3n) is 5.77. The quantitative estimate of drug-likeness (QED) is 0.217. The summed E-state index contributed by atoms with van der Waals surface area (Å²) in [6.07, 6.45) is 0. The van der Waals surface area contributed by atoms with Crippen LogP contribution in [0.3, 0.4) is 0 Å². The van der Waals surface area contributed by atoms with Gasteiger partial charge < -0.3 is 10.1 Å². The van der Waals surface area contributed by atoms with Gasteiger partial charge in [0.25, 0.3) is 10.0 Å². The van der Waals surface area contributed by atoms with E-state index in [4.69, 9.17) is 4.74 Å². The van der Waals surface area contributed by atoms with Crippen LogP contribution in [0.4, 0.5) is 11.4 Å². The SMILES string of the molecule is CCOc1ccccc1N(CC(=O)Nc1ccc(CSc2ccccc2)cc1C)S(=O)(=O)c1ccccc1. The lowest BCUT2D eigenvalue weighted by Crippen LogP contribution is -2.38. The molecule has 0 aliphatic heterocycles. The van der Waals surface area contributed by atoms with E-state index in [0.29, 0.717) is 23.7 Å². The zero-order valence-electron chi connectivity index (χ0n) is 21.3. The van der Waals surface area contributed by atoms with Crippen molar-refractivity contribution in [3.63, 3.8) is 0 Å². The molecule has 8 heteroatoms. The van der Waals surface area contributed by atoms with Crippen LogP contribution in [0.5, 0.6) is 5.75 Å². The maximum Gasteiger partial charge on any atom is 0.264 e.